The van der Waals surface area contributed by atoms with Gasteiger partial charge in [0.25, 0.3) is 0 Å². The molecule has 0 N–H and O–H groups in total. The molecule has 115 valence electrons. The van der Waals surface area contributed by atoms with Crippen LogP contribution in [0, 0.1) is 5.41 Å². The lowest BCUT2D eigenvalue weighted by Crippen LogP contribution is -2.32. The second-order valence-electron chi connectivity index (χ2n) is 6.90. The van der Waals surface area contributed by atoms with E-state index in [1.54, 1.807) is 0 Å². The maximum atomic E-state index is 2.41. The maximum Gasteiger partial charge on any atom is 0.230 e. The predicted molar refractivity (Wildman–Crippen MR) is 111 cm³/mol. The molecule has 0 nitrogen and oxygen atoms in total. The van der Waals surface area contributed by atoms with Gasteiger partial charge in [-0.2, -0.15) is 22.4 Å². The summed E-state index contributed by atoms with van der Waals surface area (Å²) in [7, 11) is 0.929. The molecular weight excluding hydrogens is 397 g/mol. The summed E-state index contributed by atoms with van der Waals surface area (Å²) in [6.45, 7) is 7.21. The summed E-state index contributed by atoms with van der Waals surface area (Å²) in [5, 5.41) is 0. The first-order valence-electron chi connectivity index (χ1n) is 7.74. The highest BCUT2D eigenvalue weighted by Crippen LogP contribution is 2.43. The second-order valence-corrected chi connectivity index (χ2v) is 9.74. The normalized spacial score (nSPS) is 12.7. The average molecular weight is 421 g/mol. The molecule has 0 bridgehead atoms. The Morgan fingerprint density at radius 3 is 1.73 bits per heavy atom. The summed E-state index contributed by atoms with van der Waals surface area (Å²) >= 11 is 2.38. The number of hydrogen-bond acceptors (Lipinski definition) is 0. The van der Waals surface area contributed by atoms with Crippen molar-refractivity contribution >= 4 is 35.7 Å². The van der Waals surface area contributed by atoms with Crippen molar-refractivity contribution in [2.75, 3.05) is 6.16 Å². The third-order valence-electron chi connectivity index (χ3n) is 4.31. The lowest BCUT2D eigenvalue weighted by atomic mass is 9.67. The van der Waals surface area contributed by atoms with E-state index in [0.29, 0.717) is 5.41 Å². The molecule has 2 aromatic rings. The first kappa shape index (κ1) is 18.0. The Balaban J connectivity index is 2.39. The molecule has 22 heavy (non-hydrogen) atoms. The third kappa shape index (κ3) is 4.58. The second kappa shape index (κ2) is 7.97. The number of hydrogen-bond donors (Lipinski definition) is 0. The van der Waals surface area contributed by atoms with Crippen LogP contribution in [0.3, 0.4) is 0 Å². The lowest BCUT2D eigenvalue weighted by Gasteiger charge is -2.39. The van der Waals surface area contributed by atoms with Crippen molar-refractivity contribution in [1.82, 2.24) is 0 Å². The summed E-state index contributed by atoms with van der Waals surface area (Å²) in [6.07, 6.45) is 2.41. The Bertz CT molecular complexity index is 529. The van der Waals surface area contributed by atoms with Crippen molar-refractivity contribution in [1.29, 1.82) is 0 Å². The van der Waals surface area contributed by atoms with Gasteiger partial charge in [-0.1, -0.05) is 81.4 Å². The molecule has 0 saturated carbocycles. The molecule has 1 unspecified atom stereocenters. The molecule has 0 fully saturated rings. The van der Waals surface area contributed by atoms with E-state index in [9.17, 15) is 0 Å². The molecule has 0 aromatic heterocycles. The van der Waals surface area contributed by atoms with Gasteiger partial charge in [0.2, 0.25) is 4.86 Å². The minimum absolute atomic E-state index is 0.0573. The molecule has 0 aliphatic rings. The van der Waals surface area contributed by atoms with Crippen LogP contribution < -0.4 is 0 Å². The molecule has 0 saturated heterocycles. The first-order chi connectivity index (χ1) is 10.5. The highest BCUT2D eigenvalue weighted by Gasteiger charge is 2.35. The van der Waals surface area contributed by atoms with Crippen molar-refractivity contribution in [2.45, 2.75) is 32.6 Å². The Morgan fingerprint density at radius 2 is 1.32 bits per heavy atom. The monoisotopic (exact) mass is 421 g/mol. The van der Waals surface area contributed by atoms with Gasteiger partial charge < -0.3 is 0 Å². The summed E-state index contributed by atoms with van der Waals surface area (Å²) in [4.78, 5) is 2.28. The Labute approximate surface area is 151 Å². The van der Waals surface area contributed by atoms with E-state index in [4.69, 9.17) is 0 Å². The summed E-state index contributed by atoms with van der Waals surface area (Å²) in [5.74, 6) is 0. The van der Waals surface area contributed by atoms with Gasteiger partial charge in [-0.05, 0) is 29.1 Å². The van der Waals surface area contributed by atoms with Crippen LogP contribution in [0.1, 0.15) is 38.3 Å². The Morgan fingerprint density at radius 1 is 0.864 bits per heavy atom. The van der Waals surface area contributed by atoms with E-state index in [0.717, 1.165) is 14.9 Å². The van der Waals surface area contributed by atoms with Crippen LogP contribution in [0.15, 0.2) is 60.7 Å². The lowest BCUT2D eigenvalue weighted by molar-refractivity contribution is 0.306. The average Bonchev–Trinajstić information content (AvgIpc) is 2.54. The van der Waals surface area contributed by atoms with Crippen LogP contribution in [-0.4, -0.2) is 11.0 Å². The number of halogens is 1. The van der Waals surface area contributed by atoms with Crippen LogP contribution >= 0.6 is 30.8 Å². The van der Waals surface area contributed by atoms with Crippen LogP contribution in [0.4, 0.5) is 0 Å². The van der Waals surface area contributed by atoms with E-state index in [2.05, 4.69) is 109 Å². The number of rotatable bonds is 7. The molecule has 0 spiro atoms. The smallest absolute Gasteiger partial charge is 0.152 e. The summed E-state index contributed by atoms with van der Waals surface area (Å²) < 4.78 is 0. The minimum Gasteiger partial charge on any atom is -0.152 e. The van der Waals surface area contributed by atoms with E-state index in [-0.39, 0.29) is 5.41 Å². The van der Waals surface area contributed by atoms with Crippen molar-refractivity contribution in [2.24, 2.45) is 5.41 Å². The fraction of sp³-hybridized carbons (Fsp3) is 0.368. The van der Waals surface area contributed by atoms with E-state index in [1.165, 1.54) is 17.3 Å². The maximum absolute atomic E-state index is 2.41. The van der Waals surface area contributed by atoms with Crippen molar-refractivity contribution in [3.8, 4) is 0 Å². The van der Waals surface area contributed by atoms with Crippen molar-refractivity contribution in [3.63, 3.8) is 0 Å². The molecule has 0 aliphatic carbocycles. The van der Waals surface area contributed by atoms with Crippen LogP contribution in [0.2, 0.25) is 0 Å². The number of benzene rings is 2. The van der Waals surface area contributed by atoms with Gasteiger partial charge in [0.1, 0.15) is 0 Å². The molecular formula is C19H24BIP. The van der Waals surface area contributed by atoms with Gasteiger partial charge >= 0.3 is 0 Å². The zero-order valence-electron chi connectivity index (χ0n) is 13.6. The summed E-state index contributed by atoms with van der Waals surface area (Å²) in [5.41, 5.74) is 3.20. The van der Waals surface area contributed by atoms with Gasteiger partial charge in [-0.15, -0.1) is 8.46 Å². The van der Waals surface area contributed by atoms with E-state index < -0.39 is 0 Å². The third-order valence-corrected chi connectivity index (χ3v) is 6.95. The molecule has 0 aliphatic heterocycles. The SMILES string of the molecule is CC(C)(CP[B]I)CC(C)(c1ccccc1)c1ccccc1. The Kier molecular flexibility index (Phi) is 6.52. The van der Waals surface area contributed by atoms with Crippen molar-refractivity contribution < 1.29 is 0 Å². The van der Waals surface area contributed by atoms with E-state index in [1.807, 2.05) is 0 Å². The molecule has 1 radical (unpaired) electrons. The van der Waals surface area contributed by atoms with Gasteiger partial charge in [-0.3, -0.25) is 0 Å². The van der Waals surface area contributed by atoms with Crippen LogP contribution in [0.25, 0.3) is 0 Å². The largest absolute Gasteiger partial charge is 0.230 e. The molecule has 1 atom stereocenters. The fourth-order valence-corrected chi connectivity index (χ4v) is 4.73. The molecule has 0 heterocycles. The van der Waals surface area contributed by atoms with Crippen LogP contribution in [0.5, 0.6) is 0 Å². The van der Waals surface area contributed by atoms with E-state index >= 15 is 0 Å². The fourth-order valence-electron chi connectivity index (χ4n) is 3.32. The molecule has 2 rings (SSSR count). The standard InChI is InChI=1S/C19H24BIP/c1-18(2,15-22-20-21)14-19(3,16-10-6-4-7-11-16)17-12-8-5-9-13-17/h4-13,22H,14-15H2,1-3H3. The van der Waals surface area contributed by atoms with Gasteiger partial charge in [-0.25, -0.2) is 0 Å². The quantitative estimate of drug-likeness (QED) is 0.290. The minimum atomic E-state index is 0.0573. The molecule has 0 amide bonds. The zero-order chi connectivity index (χ0) is 16.1. The predicted octanol–water partition coefficient (Wildman–Crippen LogP) is 6.06. The van der Waals surface area contributed by atoms with Crippen molar-refractivity contribution in [3.05, 3.63) is 71.8 Å². The molecule has 2 aromatic carbocycles. The first-order valence-corrected chi connectivity index (χ1v) is 10.3. The highest BCUT2D eigenvalue weighted by atomic mass is 127. The highest BCUT2D eigenvalue weighted by molar-refractivity contribution is 14.1. The Hall–Kier alpha value is -0.335. The van der Waals surface area contributed by atoms with Crippen LogP contribution in [-0.2, 0) is 5.41 Å². The zero-order valence-corrected chi connectivity index (χ0v) is 16.8. The topological polar surface area (TPSA) is 0 Å². The molecule has 3 heteroatoms. The van der Waals surface area contributed by atoms with Gasteiger partial charge in [0.05, 0.1) is 0 Å². The van der Waals surface area contributed by atoms with Gasteiger partial charge in [0.15, 0.2) is 0 Å². The summed E-state index contributed by atoms with van der Waals surface area (Å²) in [6, 6.07) is 21.9. The van der Waals surface area contributed by atoms with Gasteiger partial charge in [0, 0.05) is 5.41 Å².